The minimum absolute atomic E-state index is 0.737. The summed E-state index contributed by atoms with van der Waals surface area (Å²) in [5, 5.41) is 2.27. The van der Waals surface area contributed by atoms with Crippen LogP contribution in [0.3, 0.4) is 0 Å². The molecule has 8 heteroatoms. The lowest BCUT2D eigenvalue weighted by Gasteiger charge is -2.33. The molecule has 1 atom stereocenters. The van der Waals surface area contributed by atoms with Gasteiger partial charge in [0.15, 0.2) is 5.78 Å². The van der Waals surface area contributed by atoms with Crippen LogP contribution in [0.15, 0.2) is 0 Å². The van der Waals surface area contributed by atoms with E-state index in [4.69, 9.17) is 14.2 Å². The van der Waals surface area contributed by atoms with Gasteiger partial charge in [0.05, 0.1) is 6.04 Å². The number of esters is 2. The molecule has 124 valence electrons. The Hall–Kier alpha value is -2.12. The Labute approximate surface area is 128 Å². The number of nitrogens with one attached hydrogen (secondary N) is 1. The standard InChI is InChI=1S/C14H21NO7/c1-7(15-12(19)22-13(2,3)4)9(16)8-10(17)20-14(5,6)21-11(8)18/h7-8H,1-6H3,(H,15,19)/t7-/m0/s1. The number of carbonyl (C=O) groups excluding carboxylic acids is 4. The molecular formula is C14H21NO7. The van der Waals surface area contributed by atoms with Gasteiger partial charge in [-0.2, -0.15) is 0 Å². The average molecular weight is 315 g/mol. The zero-order valence-electron chi connectivity index (χ0n) is 13.5. The van der Waals surface area contributed by atoms with Crippen molar-refractivity contribution in [3.8, 4) is 0 Å². The zero-order chi connectivity index (χ0) is 17.3. The van der Waals surface area contributed by atoms with Crippen molar-refractivity contribution in [1.82, 2.24) is 5.32 Å². The quantitative estimate of drug-likeness (QED) is 0.609. The van der Waals surface area contributed by atoms with Gasteiger partial charge < -0.3 is 19.5 Å². The van der Waals surface area contributed by atoms with Crippen LogP contribution in [-0.4, -0.2) is 41.2 Å². The van der Waals surface area contributed by atoms with Crippen molar-refractivity contribution in [2.24, 2.45) is 5.92 Å². The summed E-state index contributed by atoms with van der Waals surface area (Å²) >= 11 is 0. The lowest BCUT2D eigenvalue weighted by atomic mass is 9.98. The fourth-order valence-corrected chi connectivity index (χ4v) is 1.76. The van der Waals surface area contributed by atoms with E-state index < -0.39 is 47.2 Å². The Morgan fingerprint density at radius 1 is 1.18 bits per heavy atom. The summed E-state index contributed by atoms with van der Waals surface area (Å²) in [5.41, 5.74) is -0.737. The number of ketones is 1. The highest BCUT2D eigenvalue weighted by atomic mass is 16.7. The van der Waals surface area contributed by atoms with Crippen LogP contribution < -0.4 is 5.32 Å². The van der Waals surface area contributed by atoms with Gasteiger partial charge in [-0.25, -0.2) is 4.79 Å². The van der Waals surface area contributed by atoms with Gasteiger partial charge in [-0.05, 0) is 27.7 Å². The number of hydrogen-bond donors (Lipinski definition) is 1. The molecule has 1 saturated heterocycles. The number of rotatable bonds is 3. The molecule has 0 aliphatic carbocycles. The van der Waals surface area contributed by atoms with Crippen molar-refractivity contribution in [2.45, 2.75) is 59.0 Å². The number of alkyl carbamates (subject to hydrolysis) is 1. The highest BCUT2D eigenvalue weighted by Gasteiger charge is 2.48. The summed E-state index contributed by atoms with van der Waals surface area (Å²) < 4.78 is 14.7. The maximum atomic E-state index is 12.2. The summed E-state index contributed by atoms with van der Waals surface area (Å²) in [5.74, 6) is -5.94. The molecule has 1 N–H and O–H groups in total. The van der Waals surface area contributed by atoms with Crippen molar-refractivity contribution >= 4 is 23.8 Å². The molecule has 22 heavy (non-hydrogen) atoms. The fraction of sp³-hybridized carbons (Fsp3) is 0.714. The van der Waals surface area contributed by atoms with E-state index in [-0.39, 0.29) is 0 Å². The molecule has 0 spiro atoms. The maximum absolute atomic E-state index is 12.2. The summed E-state index contributed by atoms with van der Waals surface area (Å²) in [6, 6.07) is -1.11. The predicted octanol–water partition coefficient (Wildman–Crippen LogP) is 0.921. The monoisotopic (exact) mass is 315 g/mol. The molecule has 1 rings (SSSR count). The van der Waals surface area contributed by atoms with Crippen LogP contribution in [0.2, 0.25) is 0 Å². The smallest absolute Gasteiger partial charge is 0.408 e. The van der Waals surface area contributed by atoms with Crippen LogP contribution in [0.4, 0.5) is 4.79 Å². The predicted molar refractivity (Wildman–Crippen MR) is 73.6 cm³/mol. The van der Waals surface area contributed by atoms with E-state index in [9.17, 15) is 19.2 Å². The zero-order valence-corrected chi connectivity index (χ0v) is 13.5. The van der Waals surface area contributed by atoms with Crippen LogP contribution in [0.5, 0.6) is 0 Å². The first-order valence-corrected chi connectivity index (χ1v) is 6.81. The van der Waals surface area contributed by atoms with Gasteiger partial charge in [-0.1, -0.05) is 0 Å². The molecule has 0 aromatic rings. The van der Waals surface area contributed by atoms with E-state index in [2.05, 4.69) is 5.32 Å². The van der Waals surface area contributed by atoms with Crippen molar-refractivity contribution in [3.05, 3.63) is 0 Å². The molecule has 1 heterocycles. The second-order valence-corrected chi connectivity index (χ2v) is 6.45. The third kappa shape index (κ3) is 4.71. The second-order valence-electron chi connectivity index (χ2n) is 6.45. The van der Waals surface area contributed by atoms with Crippen molar-refractivity contribution in [1.29, 1.82) is 0 Å². The lowest BCUT2D eigenvalue weighted by Crippen LogP contribution is -2.53. The van der Waals surface area contributed by atoms with Gasteiger partial charge in [-0.15, -0.1) is 0 Å². The molecule has 1 amide bonds. The van der Waals surface area contributed by atoms with Crippen molar-refractivity contribution < 1.29 is 33.4 Å². The van der Waals surface area contributed by atoms with Gasteiger partial charge in [-0.3, -0.25) is 14.4 Å². The number of carbonyl (C=O) groups is 4. The van der Waals surface area contributed by atoms with Gasteiger partial charge >= 0.3 is 18.0 Å². The van der Waals surface area contributed by atoms with Crippen LogP contribution in [0.25, 0.3) is 0 Å². The summed E-state index contributed by atoms with van der Waals surface area (Å²) in [4.78, 5) is 47.3. The first-order chi connectivity index (χ1) is 9.82. The molecule has 0 radical (unpaired) electrons. The van der Waals surface area contributed by atoms with E-state index in [1.54, 1.807) is 20.8 Å². The Kier molecular flexibility index (Phi) is 4.84. The van der Waals surface area contributed by atoms with Crippen molar-refractivity contribution in [2.75, 3.05) is 0 Å². The third-order valence-electron chi connectivity index (χ3n) is 2.61. The summed E-state index contributed by atoms with van der Waals surface area (Å²) in [7, 11) is 0. The number of Topliss-reactive ketones (excluding diaryl/α,β-unsaturated/α-hetero) is 1. The molecule has 0 bridgehead atoms. The van der Waals surface area contributed by atoms with Crippen LogP contribution in [0, 0.1) is 5.92 Å². The van der Waals surface area contributed by atoms with Crippen LogP contribution in [0.1, 0.15) is 41.5 Å². The maximum Gasteiger partial charge on any atom is 0.408 e. The number of hydrogen-bond acceptors (Lipinski definition) is 7. The lowest BCUT2D eigenvalue weighted by molar-refractivity contribution is -0.238. The van der Waals surface area contributed by atoms with E-state index in [0.717, 1.165) is 0 Å². The minimum atomic E-state index is -1.71. The van der Waals surface area contributed by atoms with E-state index in [1.165, 1.54) is 20.8 Å². The first kappa shape index (κ1) is 17.9. The largest absolute Gasteiger partial charge is 0.444 e. The van der Waals surface area contributed by atoms with E-state index in [0.29, 0.717) is 0 Å². The molecule has 1 aliphatic rings. The topological polar surface area (TPSA) is 108 Å². The highest BCUT2D eigenvalue weighted by Crippen LogP contribution is 2.24. The molecule has 1 aliphatic heterocycles. The highest BCUT2D eigenvalue weighted by molar-refractivity contribution is 6.17. The Morgan fingerprint density at radius 2 is 1.64 bits per heavy atom. The van der Waals surface area contributed by atoms with Crippen LogP contribution >= 0.6 is 0 Å². The minimum Gasteiger partial charge on any atom is -0.444 e. The average Bonchev–Trinajstić information content (AvgIpc) is 2.22. The number of amides is 1. The normalized spacial score (nSPS) is 19.7. The molecule has 1 fully saturated rings. The molecule has 0 saturated carbocycles. The molecule has 0 aromatic heterocycles. The van der Waals surface area contributed by atoms with E-state index in [1.807, 2.05) is 0 Å². The van der Waals surface area contributed by atoms with Crippen molar-refractivity contribution in [3.63, 3.8) is 0 Å². The first-order valence-electron chi connectivity index (χ1n) is 6.81. The third-order valence-corrected chi connectivity index (χ3v) is 2.61. The fourth-order valence-electron chi connectivity index (χ4n) is 1.76. The number of cyclic esters (lactones) is 2. The van der Waals surface area contributed by atoms with E-state index >= 15 is 0 Å². The SMILES string of the molecule is C[C@H](NC(=O)OC(C)(C)C)C(=O)C1C(=O)OC(C)(C)OC1=O. The molecule has 0 unspecified atom stereocenters. The molecule has 8 nitrogen and oxygen atoms in total. The summed E-state index contributed by atoms with van der Waals surface area (Å²) in [6.45, 7) is 9.09. The second kappa shape index (κ2) is 5.94. The summed E-state index contributed by atoms with van der Waals surface area (Å²) in [6.07, 6.45) is -0.828. The number of ether oxygens (including phenoxy) is 3. The van der Waals surface area contributed by atoms with Gasteiger partial charge in [0.25, 0.3) is 5.79 Å². The Bertz CT molecular complexity index is 484. The Morgan fingerprint density at radius 3 is 2.05 bits per heavy atom. The van der Waals surface area contributed by atoms with Crippen LogP contribution in [-0.2, 0) is 28.6 Å². The van der Waals surface area contributed by atoms with Gasteiger partial charge in [0.2, 0.25) is 5.92 Å². The molecule has 0 aromatic carbocycles. The van der Waals surface area contributed by atoms with Gasteiger partial charge in [0.1, 0.15) is 5.60 Å². The Balaban J connectivity index is 2.73. The van der Waals surface area contributed by atoms with Gasteiger partial charge in [0, 0.05) is 13.8 Å². The molecular weight excluding hydrogens is 294 g/mol.